The molecule has 0 spiro atoms. The number of aryl methyl sites for hydroxylation is 1. The Bertz CT molecular complexity index is 723. The molecule has 2 aromatic rings. The van der Waals surface area contributed by atoms with Crippen LogP contribution < -0.4 is 4.74 Å². The average Bonchev–Trinajstić information content (AvgIpc) is 2.82. The molecule has 0 radical (unpaired) electrons. The minimum absolute atomic E-state index is 0.0225. The van der Waals surface area contributed by atoms with E-state index in [1.54, 1.807) is 6.20 Å². The molecule has 2 N–H and O–H groups in total. The highest BCUT2D eigenvalue weighted by Gasteiger charge is 2.34. The van der Waals surface area contributed by atoms with Crippen LogP contribution in [0.5, 0.6) is 5.88 Å². The van der Waals surface area contributed by atoms with Crippen molar-refractivity contribution in [2.75, 3.05) is 13.1 Å². The fraction of sp³-hybridized carbons (Fsp3) is 0.462. The van der Waals surface area contributed by atoms with Gasteiger partial charge in [0.25, 0.3) is 0 Å². The first-order chi connectivity index (χ1) is 10.5. The second kappa shape index (κ2) is 5.60. The monoisotopic (exact) mass is 328 g/mol. The molecule has 0 unspecified atom stereocenters. The van der Waals surface area contributed by atoms with Gasteiger partial charge in [0.15, 0.2) is 0 Å². The fourth-order valence-electron chi connectivity index (χ4n) is 2.52. The number of piperidine rings is 1. The van der Waals surface area contributed by atoms with Gasteiger partial charge >= 0.3 is 6.09 Å². The Morgan fingerprint density at radius 2 is 2.36 bits per heavy atom. The number of hydrogen-bond donors (Lipinski definition) is 2. The summed E-state index contributed by atoms with van der Waals surface area (Å²) in [7, 11) is 0. The lowest BCUT2D eigenvalue weighted by molar-refractivity contribution is 0.0214. The molecule has 0 aliphatic carbocycles. The van der Waals surface area contributed by atoms with E-state index in [0.717, 1.165) is 10.5 Å². The third kappa shape index (κ3) is 2.66. The normalized spacial score (nSPS) is 22.0. The minimum atomic E-state index is -1.27. The summed E-state index contributed by atoms with van der Waals surface area (Å²) in [6.45, 7) is 1.93. The van der Waals surface area contributed by atoms with Crippen LogP contribution in [0.2, 0.25) is 5.28 Å². The van der Waals surface area contributed by atoms with Crippen LogP contribution in [0, 0.1) is 6.92 Å². The van der Waals surface area contributed by atoms with Gasteiger partial charge in [-0.3, -0.25) is 0 Å². The van der Waals surface area contributed by atoms with E-state index in [-0.39, 0.29) is 30.7 Å². The van der Waals surface area contributed by atoms with Gasteiger partial charge in [-0.15, -0.1) is 0 Å². The van der Waals surface area contributed by atoms with Crippen LogP contribution in [-0.4, -0.2) is 56.4 Å². The lowest BCUT2D eigenvalue weighted by Gasteiger charge is -2.33. The van der Waals surface area contributed by atoms with Crippen LogP contribution in [0.25, 0.3) is 11.0 Å². The summed E-state index contributed by atoms with van der Waals surface area (Å²) in [6, 6.07) is 0. The predicted molar refractivity (Wildman–Crippen MR) is 77.2 cm³/mol. The van der Waals surface area contributed by atoms with Crippen molar-refractivity contribution in [3.63, 3.8) is 0 Å². The molecule has 3 heterocycles. The Kier molecular flexibility index (Phi) is 3.78. The van der Waals surface area contributed by atoms with Crippen molar-refractivity contribution < 1.29 is 19.0 Å². The summed E-state index contributed by atoms with van der Waals surface area (Å²) in [4.78, 5) is 23.1. The summed E-state index contributed by atoms with van der Waals surface area (Å²) < 4.78 is 19.7. The molecule has 1 aliphatic rings. The standard InChI is InChI=1S/C13H14ClFN4O3/c1-6-4-16-10-9(6)11(18-12(14)17-10)22-8-5-19(13(20)21)3-2-7(8)15/h4,7-8H,2-3,5H2,1H3,(H,20,21)(H,16,17,18)/t7-,8+/m1/s1. The second-order valence-electron chi connectivity index (χ2n) is 5.18. The zero-order valence-corrected chi connectivity index (χ0v) is 12.5. The molecule has 0 saturated carbocycles. The van der Waals surface area contributed by atoms with E-state index in [1.807, 2.05) is 6.92 Å². The number of likely N-dealkylation sites (tertiary alicyclic amines) is 1. The maximum Gasteiger partial charge on any atom is 0.407 e. The number of alkyl halides is 1. The highest BCUT2D eigenvalue weighted by Crippen LogP contribution is 2.29. The number of carboxylic acid groups (broad SMARTS) is 1. The van der Waals surface area contributed by atoms with Gasteiger partial charge in [0.05, 0.1) is 11.9 Å². The van der Waals surface area contributed by atoms with E-state index in [0.29, 0.717) is 11.0 Å². The Morgan fingerprint density at radius 1 is 1.59 bits per heavy atom. The smallest absolute Gasteiger partial charge is 0.407 e. The van der Waals surface area contributed by atoms with Gasteiger partial charge in [-0.25, -0.2) is 9.18 Å². The molecule has 22 heavy (non-hydrogen) atoms. The first-order valence-electron chi connectivity index (χ1n) is 6.75. The van der Waals surface area contributed by atoms with Crippen molar-refractivity contribution in [3.05, 3.63) is 17.0 Å². The molecule has 1 amide bonds. The van der Waals surface area contributed by atoms with E-state index >= 15 is 0 Å². The van der Waals surface area contributed by atoms with Crippen molar-refractivity contribution in [1.82, 2.24) is 19.9 Å². The van der Waals surface area contributed by atoms with E-state index in [1.165, 1.54) is 0 Å². The minimum Gasteiger partial charge on any atom is -0.469 e. The molecule has 2 aromatic heterocycles. The van der Waals surface area contributed by atoms with E-state index in [2.05, 4.69) is 15.0 Å². The molecule has 7 nitrogen and oxygen atoms in total. The number of nitrogens with one attached hydrogen (secondary N) is 1. The molecule has 1 fully saturated rings. The molecule has 1 saturated heterocycles. The maximum absolute atomic E-state index is 14.1. The fourth-order valence-corrected chi connectivity index (χ4v) is 2.69. The Labute approximate surface area is 130 Å². The number of carbonyl (C=O) groups is 1. The van der Waals surface area contributed by atoms with Gasteiger partial charge in [0.1, 0.15) is 17.9 Å². The number of rotatable bonds is 2. The van der Waals surface area contributed by atoms with Crippen LogP contribution in [0.15, 0.2) is 6.20 Å². The first kappa shape index (κ1) is 14.8. The Hall–Kier alpha value is -2.09. The summed E-state index contributed by atoms with van der Waals surface area (Å²) in [6.07, 6.45) is -1.47. The van der Waals surface area contributed by atoms with E-state index in [4.69, 9.17) is 21.4 Å². The van der Waals surface area contributed by atoms with Crippen LogP contribution in [-0.2, 0) is 0 Å². The van der Waals surface area contributed by atoms with Crippen LogP contribution >= 0.6 is 11.6 Å². The van der Waals surface area contributed by atoms with Gasteiger partial charge in [0, 0.05) is 19.2 Å². The number of nitrogens with zero attached hydrogens (tertiary/aromatic N) is 3. The van der Waals surface area contributed by atoms with Gasteiger partial charge in [-0.05, 0) is 24.1 Å². The van der Waals surface area contributed by atoms with Crippen LogP contribution in [0.3, 0.4) is 0 Å². The summed E-state index contributed by atoms with van der Waals surface area (Å²) in [5, 5.41) is 9.62. The van der Waals surface area contributed by atoms with Crippen LogP contribution in [0.4, 0.5) is 9.18 Å². The number of amides is 1. The van der Waals surface area contributed by atoms with Gasteiger partial charge in [-0.2, -0.15) is 9.97 Å². The number of ether oxygens (including phenoxy) is 1. The predicted octanol–water partition coefficient (Wildman–Crippen LogP) is 2.39. The van der Waals surface area contributed by atoms with Crippen molar-refractivity contribution in [2.24, 2.45) is 0 Å². The summed E-state index contributed by atoms with van der Waals surface area (Å²) in [5.74, 6) is 0.161. The lowest BCUT2D eigenvalue weighted by Crippen LogP contribution is -2.49. The topological polar surface area (TPSA) is 91.3 Å². The zero-order chi connectivity index (χ0) is 15.9. The lowest BCUT2D eigenvalue weighted by atomic mass is 10.1. The summed E-state index contributed by atoms with van der Waals surface area (Å²) in [5.41, 5.74) is 1.33. The highest BCUT2D eigenvalue weighted by atomic mass is 35.5. The molecular formula is C13H14ClFN4O3. The quantitative estimate of drug-likeness (QED) is 0.826. The molecule has 1 aliphatic heterocycles. The number of aromatic amines is 1. The Morgan fingerprint density at radius 3 is 3.09 bits per heavy atom. The molecular weight excluding hydrogens is 315 g/mol. The average molecular weight is 329 g/mol. The van der Waals surface area contributed by atoms with Gasteiger partial charge in [-0.1, -0.05) is 0 Å². The number of aromatic nitrogens is 3. The molecule has 9 heteroatoms. The van der Waals surface area contributed by atoms with E-state index in [9.17, 15) is 9.18 Å². The van der Waals surface area contributed by atoms with E-state index < -0.39 is 18.4 Å². The molecule has 2 atom stereocenters. The van der Waals surface area contributed by atoms with Crippen molar-refractivity contribution >= 4 is 28.7 Å². The molecule has 0 aromatic carbocycles. The third-order valence-electron chi connectivity index (χ3n) is 3.68. The third-order valence-corrected chi connectivity index (χ3v) is 3.85. The maximum atomic E-state index is 14.1. The number of H-pyrrole nitrogens is 1. The molecule has 0 bridgehead atoms. The zero-order valence-electron chi connectivity index (χ0n) is 11.7. The van der Waals surface area contributed by atoms with Crippen molar-refractivity contribution in [2.45, 2.75) is 25.6 Å². The number of hydrogen-bond acceptors (Lipinski definition) is 4. The van der Waals surface area contributed by atoms with Crippen molar-refractivity contribution in [1.29, 1.82) is 0 Å². The van der Waals surface area contributed by atoms with Gasteiger partial charge in [0.2, 0.25) is 11.2 Å². The number of fused-ring (bicyclic) bond motifs is 1. The summed E-state index contributed by atoms with van der Waals surface area (Å²) >= 11 is 5.85. The van der Waals surface area contributed by atoms with Gasteiger partial charge < -0.3 is 19.7 Å². The molecule has 118 valence electrons. The number of halogens is 2. The second-order valence-corrected chi connectivity index (χ2v) is 5.52. The largest absolute Gasteiger partial charge is 0.469 e. The highest BCUT2D eigenvalue weighted by molar-refractivity contribution is 6.28. The SMILES string of the molecule is Cc1c[nH]c2nc(Cl)nc(O[C@H]3CN(C(=O)O)CC[C@H]3F)c12. The Balaban J connectivity index is 1.91. The first-order valence-corrected chi connectivity index (χ1v) is 7.13. The molecule has 3 rings (SSSR count). The van der Waals surface area contributed by atoms with Crippen molar-refractivity contribution in [3.8, 4) is 5.88 Å². The van der Waals surface area contributed by atoms with Crippen LogP contribution in [0.1, 0.15) is 12.0 Å².